The molecule has 0 aliphatic carbocycles. The first kappa shape index (κ1) is 22.8. The highest BCUT2D eigenvalue weighted by Gasteiger charge is 2.54. The molecule has 170 valence electrons. The number of carbonyl (C=O) groups excluding carboxylic acids is 3. The Hall–Kier alpha value is -3.39. The average molecular weight is 463 g/mol. The van der Waals surface area contributed by atoms with Crippen LogP contribution in [0.2, 0.25) is 0 Å². The van der Waals surface area contributed by atoms with E-state index >= 15 is 0 Å². The van der Waals surface area contributed by atoms with Crippen LogP contribution in [0.3, 0.4) is 0 Å². The summed E-state index contributed by atoms with van der Waals surface area (Å²) in [6, 6.07) is 12.5. The van der Waals surface area contributed by atoms with Crippen LogP contribution in [0.1, 0.15) is 47.6 Å². The van der Waals surface area contributed by atoms with Gasteiger partial charge in [0.1, 0.15) is 5.01 Å². The van der Waals surface area contributed by atoms with E-state index in [-0.39, 0.29) is 43.1 Å². The maximum Gasteiger partial charge on any atom is 0.241 e. The molecule has 7 nitrogen and oxygen atoms in total. The van der Waals surface area contributed by atoms with Gasteiger partial charge in [0.15, 0.2) is 0 Å². The number of pyridine rings is 1. The summed E-state index contributed by atoms with van der Waals surface area (Å²) in [5.41, 5.74) is 1.17. The molecular weight excluding hydrogens is 436 g/mol. The van der Waals surface area contributed by atoms with Gasteiger partial charge in [-0.05, 0) is 37.1 Å². The fourth-order valence-corrected chi connectivity index (χ4v) is 5.08. The van der Waals surface area contributed by atoms with Gasteiger partial charge in [0.2, 0.25) is 17.7 Å². The summed E-state index contributed by atoms with van der Waals surface area (Å²) in [6.07, 6.45) is 3.14. The lowest BCUT2D eigenvalue weighted by Crippen LogP contribution is -2.43. The van der Waals surface area contributed by atoms with Crippen LogP contribution in [0.25, 0.3) is 0 Å². The summed E-state index contributed by atoms with van der Waals surface area (Å²) in [5, 5.41) is 2.79. The minimum absolute atomic E-state index is 0.0365. The molecule has 0 spiro atoms. The van der Waals surface area contributed by atoms with E-state index in [2.05, 4.69) is 9.97 Å². The third-order valence-electron chi connectivity index (χ3n) is 6.25. The van der Waals surface area contributed by atoms with Gasteiger partial charge in [0.05, 0.1) is 18.0 Å². The molecule has 0 saturated carbocycles. The van der Waals surface area contributed by atoms with Gasteiger partial charge in [0.25, 0.3) is 0 Å². The Kier molecular flexibility index (Phi) is 6.37. The van der Waals surface area contributed by atoms with E-state index in [1.807, 2.05) is 49.6 Å². The molecule has 3 heterocycles. The number of benzene rings is 1. The Labute approximate surface area is 197 Å². The highest BCUT2D eigenvalue weighted by molar-refractivity contribution is 7.09. The predicted molar refractivity (Wildman–Crippen MR) is 125 cm³/mol. The summed E-state index contributed by atoms with van der Waals surface area (Å²) in [5.74, 6) is -0.819. The predicted octanol–water partition coefficient (Wildman–Crippen LogP) is 3.65. The van der Waals surface area contributed by atoms with Crippen molar-refractivity contribution in [2.24, 2.45) is 0 Å². The summed E-state index contributed by atoms with van der Waals surface area (Å²) >= 11 is 1.50. The van der Waals surface area contributed by atoms with Crippen molar-refractivity contribution in [2.45, 2.75) is 44.7 Å². The summed E-state index contributed by atoms with van der Waals surface area (Å²) in [6.45, 7) is 4.00. The van der Waals surface area contributed by atoms with Gasteiger partial charge >= 0.3 is 0 Å². The van der Waals surface area contributed by atoms with E-state index in [9.17, 15) is 14.4 Å². The number of imide groups is 1. The molecule has 3 aromatic rings. The summed E-state index contributed by atoms with van der Waals surface area (Å²) in [4.78, 5) is 51.6. The molecule has 0 bridgehead atoms. The second-order valence-corrected chi connectivity index (χ2v) is 9.34. The van der Waals surface area contributed by atoms with E-state index in [0.29, 0.717) is 5.56 Å². The third-order valence-corrected chi connectivity index (χ3v) is 7.38. The number of aromatic nitrogens is 2. The number of amides is 3. The number of rotatable bonds is 7. The van der Waals surface area contributed by atoms with Crippen molar-refractivity contribution >= 4 is 29.1 Å². The quantitative estimate of drug-likeness (QED) is 0.501. The third kappa shape index (κ3) is 4.43. The Bertz CT molecular complexity index is 1160. The lowest BCUT2D eigenvalue weighted by atomic mass is 9.75. The largest absolute Gasteiger partial charge is 0.337 e. The average Bonchev–Trinajstić information content (AvgIpc) is 3.36. The fraction of sp³-hybridized carbons (Fsp3) is 0.320. The second-order valence-electron chi connectivity index (χ2n) is 8.45. The van der Waals surface area contributed by atoms with Crippen LogP contribution < -0.4 is 0 Å². The van der Waals surface area contributed by atoms with E-state index < -0.39 is 5.41 Å². The molecular formula is C25H26N4O3S. The molecule has 1 saturated heterocycles. The maximum absolute atomic E-state index is 13.8. The van der Waals surface area contributed by atoms with E-state index in [0.717, 1.165) is 16.3 Å². The van der Waals surface area contributed by atoms with Gasteiger partial charge in [-0.1, -0.05) is 30.3 Å². The molecule has 1 aromatic carbocycles. The van der Waals surface area contributed by atoms with Crippen LogP contribution in [0.5, 0.6) is 0 Å². The van der Waals surface area contributed by atoms with Gasteiger partial charge in [-0.25, -0.2) is 4.98 Å². The zero-order valence-corrected chi connectivity index (χ0v) is 19.7. The Morgan fingerprint density at radius 2 is 1.88 bits per heavy atom. The van der Waals surface area contributed by atoms with E-state index in [4.69, 9.17) is 0 Å². The topological polar surface area (TPSA) is 83.5 Å². The second kappa shape index (κ2) is 9.23. The number of aryl methyl sites for hydroxylation is 1. The molecule has 3 amide bonds. The van der Waals surface area contributed by atoms with E-state index in [1.54, 1.807) is 36.5 Å². The van der Waals surface area contributed by atoms with Crippen molar-refractivity contribution in [2.75, 3.05) is 7.05 Å². The van der Waals surface area contributed by atoms with Crippen molar-refractivity contribution in [3.05, 3.63) is 82.1 Å². The van der Waals surface area contributed by atoms with Gasteiger partial charge in [-0.3, -0.25) is 24.3 Å². The zero-order chi connectivity index (χ0) is 23.6. The van der Waals surface area contributed by atoms with Crippen molar-refractivity contribution in [3.63, 3.8) is 0 Å². The summed E-state index contributed by atoms with van der Waals surface area (Å²) in [7, 11) is 1.72. The molecule has 0 N–H and O–H groups in total. The van der Waals surface area contributed by atoms with Crippen LogP contribution in [0.15, 0.2) is 60.2 Å². The Balaban J connectivity index is 1.63. The highest BCUT2D eigenvalue weighted by atomic mass is 32.1. The van der Waals surface area contributed by atoms with Gasteiger partial charge in [0, 0.05) is 43.4 Å². The molecule has 4 rings (SSSR count). The Morgan fingerprint density at radius 3 is 2.52 bits per heavy atom. The zero-order valence-electron chi connectivity index (χ0n) is 18.9. The van der Waals surface area contributed by atoms with Crippen LogP contribution in [-0.4, -0.2) is 44.5 Å². The fourth-order valence-electron chi connectivity index (χ4n) is 4.18. The molecule has 33 heavy (non-hydrogen) atoms. The minimum atomic E-state index is -1.23. The number of likely N-dealkylation sites (tertiary alicyclic amines) is 1. The van der Waals surface area contributed by atoms with Crippen molar-refractivity contribution < 1.29 is 14.4 Å². The number of hydrogen-bond donors (Lipinski definition) is 0. The molecule has 1 fully saturated rings. The van der Waals surface area contributed by atoms with E-state index in [1.165, 1.54) is 16.2 Å². The maximum atomic E-state index is 13.8. The van der Waals surface area contributed by atoms with Gasteiger partial charge in [-0.2, -0.15) is 0 Å². The van der Waals surface area contributed by atoms with Crippen LogP contribution in [0, 0.1) is 6.92 Å². The molecule has 2 aromatic heterocycles. The monoisotopic (exact) mass is 462 g/mol. The minimum Gasteiger partial charge on any atom is -0.337 e. The highest BCUT2D eigenvalue weighted by Crippen LogP contribution is 2.41. The first-order valence-electron chi connectivity index (χ1n) is 10.8. The molecule has 0 radical (unpaired) electrons. The SMILES string of the molecule is Cc1csc([C@H](C)N(C)C(=O)C[C@]2(c3ccccc3)CC(=O)N(Cc3ccncc3)C2=O)n1. The first-order chi connectivity index (χ1) is 15.8. The van der Waals surface area contributed by atoms with Crippen LogP contribution in [0.4, 0.5) is 0 Å². The normalized spacial score (nSPS) is 19.1. The van der Waals surface area contributed by atoms with Gasteiger partial charge < -0.3 is 4.90 Å². The number of hydrogen-bond acceptors (Lipinski definition) is 6. The molecule has 0 unspecified atom stereocenters. The number of nitrogens with zero attached hydrogens (tertiary/aromatic N) is 4. The summed E-state index contributed by atoms with van der Waals surface area (Å²) < 4.78 is 0. The molecule has 1 aliphatic heterocycles. The Morgan fingerprint density at radius 1 is 1.18 bits per heavy atom. The van der Waals surface area contributed by atoms with Gasteiger partial charge in [-0.15, -0.1) is 11.3 Å². The molecule has 2 atom stereocenters. The number of carbonyl (C=O) groups is 3. The first-order valence-corrected chi connectivity index (χ1v) is 11.7. The lowest BCUT2D eigenvalue weighted by Gasteiger charge is -2.31. The van der Waals surface area contributed by atoms with Crippen LogP contribution in [-0.2, 0) is 26.3 Å². The smallest absolute Gasteiger partial charge is 0.241 e. The number of thiazole rings is 1. The molecule has 8 heteroatoms. The van der Waals surface area contributed by atoms with Crippen molar-refractivity contribution in [3.8, 4) is 0 Å². The van der Waals surface area contributed by atoms with Crippen LogP contribution >= 0.6 is 11.3 Å². The molecule has 1 aliphatic rings. The van der Waals surface area contributed by atoms with Crippen molar-refractivity contribution in [1.82, 2.24) is 19.8 Å². The lowest BCUT2D eigenvalue weighted by molar-refractivity contribution is -0.143. The standard InChI is InChI=1S/C25H26N4O3S/c1-17-16-33-23(27-17)18(2)28(3)21(30)13-25(20-7-5-4-6-8-20)14-22(31)29(24(25)32)15-19-9-11-26-12-10-19/h4-12,16,18H,13-15H2,1-3H3/t18-,25+/m0/s1. The van der Waals surface area contributed by atoms with Crippen molar-refractivity contribution in [1.29, 1.82) is 0 Å².